The van der Waals surface area contributed by atoms with Gasteiger partial charge in [-0.25, -0.2) is 0 Å². The zero-order valence-corrected chi connectivity index (χ0v) is 15.3. The largest absolute Gasteiger partial charge is 0.380 e. The van der Waals surface area contributed by atoms with Gasteiger partial charge in [0.1, 0.15) is 0 Å². The predicted molar refractivity (Wildman–Crippen MR) is 91.7 cm³/mol. The minimum Gasteiger partial charge on any atom is -0.380 e. The topological polar surface area (TPSA) is 30.5 Å². The van der Waals surface area contributed by atoms with Crippen LogP contribution in [0, 0.1) is 23.7 Å². The molecule has 2 atom stereocenters. The Kier molecular flexibility index (Phi) is 13.5. The molecule has 3 nitrogen and oxygen atoms in total. The van der Waals surface area contributed by atoms with Crippen LogP contribution in [0.4, 0.5) is 0 Å². The van der Waals surface area contributed by atoms with Gasteiger partial charge < -0.3 is 14.8 Å². The molecule has 2 unspecified atom stereocenters. The van der Waals surface area contributed by atoms with Crippen LogP contribution in [-0.2, 0) is 9.47 Å². The quantitative estimate of drug-likeness (QED) is 0.492. The molecule has 0 aliphatic rings. The maximum Gasteiger partial charge on any atom is 0.0591 e. The van der Waals surface area contributed by atoms with Crippen molar-refractivity contribution < 1.29 is 9.47 Å². The van der Waals surface area contributed by atoms with Gasteiger partial charge in [-0.15, -0.1) is 0 Å². The molecule has 0 aromatic rings. The van der Waals surface area contributed by atoms with E-state index in [4.69, 9.17) is 9.47 Å². The van der Waals surface area contributed by atoms with Crippen LogP contribution in [0.25, 0.3) is 0 Å². The first kappa shape index (κ1) is 20.9. The minimum atomic E-state index is 0.663. The van der Waals surface area contributed by atoms with E-state index in [1.54, 1.807) is 0 Å². The third-order valence-electron chi connectivity index (χ3n) is 3.40. The number of hydrogen-bond donors (Lipinski definition) is 1. The molecule has 3 heteroatoms. The summed E-state index contributed by atoms with van der Waals surface area (Å²) >= 11 is 0. The highest BCUT2D eigenvalue weighted by Crippen LogP contribution is 2.11. The van der Waals surface area contributed by atoms with Gasteiger partial charge in [0, 0.05) is 26.3 Å². The van der Waals surface area contributed by atoms with Gasteiger partial charge in [0.25, 0.3) is 0 Å². The zero-order valence-electron chi connectivity index (χ0n) is 15.3. The molecule has 0 fully saturated rings. The van der Waals surface area contributed by atoms with Crippen molar-refractivity contribution in [2.75, 3.05) is 39.5 Å². The van der Waals surface area contributed by atoms with Crippen LogP contribution in [0.5, 0.6) is 0 Å². The Morgan fingerprint density at radius 1 is 0.667 bits per heavy atom. The van der Waals surface area contributed by atoms with Gasteiger partial charge in [0.05, 0.1) is 13.2 Å². The lowest BCUT2D eigenvalue weighted by Gasteiger charge is -2.15. The number of nitrogens with one attached hydrogen (secondary N) is 1. The Morgan fingerprint density at radius 2 is 1.05 bits per heavy atom. The molecular weight excluding hydrogens is 262 g/mol. The lowest BCUT2D eigenvalue weighted by Crippen LogP contribution is -2.25. The molecule has 1 N–H and O–H groups in total. The van der Waals surface area contributed by atoms with Crippen LogP contribution in [0.1, 0.15) is 54.4 Å². The molecular formula is C18H39NO2. The Bertz CT molecular complexity index is 197. The van der Waals surface area contributed by atoms with E-state index in [-0.39, 0.29) is 0 Å². The van der Waals surface area contributed by atoms with E-state index in [0.717, 1.165) is 51.4 Å². The van der Waals surface area contributed by atoms with Crippen LogP contribution in [0.3, 0.4) is 0 Å². The second-order valence-electron chi connectivity index (χ2n) is 7.37. The van der Waals surface area contributed by atoms with E-state index < -0.39 is 0 Å². The summed E-state index contributed by atoms with van der Waals surface area (Å²) in [6, 6.07) is 0. The van der Waals surface area contributed by atoms with E-state index in [1.807, 2.05) is 0 Å². The van der Waals surface area contributed by atoms with Crippen molar-refractivity contribution in [1.29, 1.82) is 0 Å². The van der Waals surface area contributed by atoms with Gasteiger partial charge in [0.2, 0.25) is 0 Å². The molecule has 0 aromatic heterocycles. The maximum atomic E-state index is 5.68. The normalized spacial score (nSPS) is 14.9. The predicted octanol–water partition coefficient (Wildman–Crippen LogP) is 3.97. The van der Waals surface area contributed by atoms with Crippen LogP contribution in [0.2, 0.25) is 0 Å². The SMILES string of the molecule is CC(C)CC(C)COCCNCCOCC(C)CC(C)C. The molecule has 0 rings (SSSR count). The molecule has 0 radical (unpaired) electrons. The van der Waals surface area contributed by atoms with Gasteiger partial charge in [-0.3, -0.25) is 0 Å². The molecule has 0 saturated carbocycles. The van der Waals surface area contributed by atoms with E-state index >= 15 is 0 Å². The fourth-order valence-electron chi connectivity index (χ4n) is 2.73. The summed E-state index contributed by atoms with van der Waals surface area (Å²) in [4.78, 5) is 0. The summed E-state index contributed by atoms with van der Waals surface area (Å²) in [7, 11) is 0. The fourth-order valence-corrected chi connectivity index (χ4v) is 2.73. The Labute approximate surface area is 133 Å². The summed E-state index contributed by atoms with van der Waals surface area (Å²) in [5.41, 5.74) is 0. The van der Waals surface area contributed by atoms with Crippen molar-refractivity contribution in [2.45, 2.75) is 54.4 Å². The Morgan fingerprint density at radius 3 is 1.38 bits per heavy atom. The van der Waals surface area contributed by atoms with Gasteiger partial charge in [-0.2, -0.15) is 0 Å². The fraction of sp³-hybridized carbons (Fsp3) is 1.00. The molecule has 0 spiro atoms. The van der Waals surface area contributed by atoms with Crippen molar-refractivity contribution >= 4 is 0 Å². The average Bonchev–Trinajstić information content (AvgIpc) is 2.34. The maximum absolute atomic E-state index is 5.68. The molecule has 0 saturated heterocycles. The molecule has 0 aromatic carbocycles. The summed E-state index contributed by atoms with van der Waals surface area (Å²) in [6.45, 7) is 18.8. The highest BCUT2D eigenvalue weighted by molar-refractivity contribution is 4.56. The first-order chi connectivity index (χ1) is 9.91. The lowest BCUT2D eigenvalue weighted by molar-refractivity contribution is 0.0876. The number of rotatable bonds is 14. The average molecular weight is 302 g/mol. The second kappa shape index (κ2) is 13.5. The summed E-state index contributed by atoms with van der Waals surface area (Å²) in [5.74, 6) is 2.85. The molecule has 0 aliphatic heterocycles. The van der Waals surface area contributed by atoms with E-state index in [9.17, 15) is 0 Å². The van der Waals surface area contributed by atoms with E-state index in [2.05, 4.69) is 46.9 Å². The summed E-state index contributed by atoms with van der Waals surface area (Å²) in [6.07, 6.45) is 2.49. The van der Waals surface area contributed by atoms with Crippen LogP contribution < -0.4 is 5.32 Å². The highest BCUT2D eigenvalue weighted by Gasteiger charge is 2.05. The van der Waals surface area contributed by atoms with Crippen LogP contribution >= 0.6 is 0 Å². The minimum absolute atomic E-state index is 0.663. The Balaban J connectivity index is 3.22. The monoisotopic (exact) mass is 301 g/mol. The smallest absolute Gasteiger partial charge is 0.0591 e. The Hall–Kier alpha value is -0.120. The molecule has 0 amide bonds. The molecule has 0 aliphatic carbocycles. The van der Waals surface area contributed by atoms with Crippen LogP contribution in [0.15, 0.2) is 0 Å². The van der Waals surface area contributed by atoms with E-state index in [1.165, 1.54) is 12.8 Å². The molecule has 128 valence electrons. The number of ether oxygens (including phenoxy) is 2. The third-order valence-corrected chi connectivity index (χ3v) is 3.40. The van der Waals surface area contributed by atoms with Crippen molar-refractivity contribution in [2.24, 2.45) is 23.7 Å². The van der Waals surface area contributed by atoms with Gasteiger partial charge in [-0.1, -0.05) is 41.5 Å². The molecule has 21 heavy (non-hydrogen) atoms. The van der Waals surface area contributed by atoms with Crippen molar-refractivity contribution in [1.82, 2.24) is 5.32 Å². The van der Waals surface area contributed by atoms with Gasteiger partial charge in [0.15, 0.2) is 0 Å². The highest BCUT2D eigenvalue weighted by atomic mass is 16.5. The third kappa shape index (κ3) is 16.1. The zero-order chi connectivity index (χ0) is 16.1. The second-order valence-corrected chi connectivity index (χ2v) is 7.37. The standard InChI is InChI=1S/C18H39NO2/c1-15(2)11-17(5)13-20-9-7-19-8-10-21-14-18(6)12-16(3)4/h15-19H,7-14H2,1-6H3. The summed E-state index contributed by atoms with van der Waals surface area (Å²) < 4.78 is 11.4. The molecule has 0 bridgehead atoms. The first-order valence-electron chi connectivity index (χ1n) is 8.78. The van der Waals surface area contributed by atoms with Crippen LogP contribution in [-0.4, -0.2) is 39.5 Å². The van der Waals surface area contributed by atoms with Gasteiger partial charge in [-0.05, 0) is 36.5 Å². The lowest BCUT2D eigenvalue weighted by atomic mass is 10.00. The molecule has 0 heterocycles. The van der Waals surface area contributed by atoms with Crippen molar-refractivity contribution in [3.63, 3.8) is 0 Å². The van der Waals surface area contributed by atoms with Crippen molar-refractivity contribution in [3.05, 3.63) is 0 Å². The first-order valence-corrected chi connectivity index (χ1v) is 8.78. The summed E-state index contributed by atoms with van der Waals surface area (Å²) in [5, 5.41) is 3.36. The van der Waals surface area contributed by atoms with Gasteiger partial charge >= 0.3 is 0 Å². The van der Waals surface area contributed by atoms with Crippen molar-refractivity contribution in [3.8, 4) is 0 Å². The number of hydrogen-bond acceptors (Lipinski definition) is 3. The van der Waals surface area contributed by atoms with E-state index in [0.29, 0.717) is 11.8 Å².